The normalized spacial score (nSPS) is 16.8. The number of allylic oxidation sites excluding steroid dienone is 1. The molecule has 1 fully saturated rings. The Morgan fingerprint density at radius 3 is 2.53 bits per heavy atom. The van der Waals surface area contributed by atoms with Gasteiger partial charge in [-0.2, -0.15) is 0 Å². The molecule has 0 spiro atoms. The Labute approximate surface area is 178 Å². The predicted octanol–water partition coefficient (Wildman–Crippen LogP) is 4.74. The van der Waals surface area contributed by atoms with Crippen molar-refractivity contribution in [3.05, 3.63) is 65.5 Å². The van der Waals surface area contributed by atoms with E-state index in [4.69, 9.17) is 0 Å². The summed E-state index contributed by atoms with van der Waals surface area (Å²) in [6.07, 6.45) is 6.84. The van der Waals surface area contributed by atoms with Crippen molar-refractivity contribution >= 4 is 17.2 Å². The Morgan fingerprint density at radius 1 is 1.17 bits per heavy atom. The summed E-state index contributed by atoms with van der Waals surface area (Å²) in [5.74, 6) is 1.65. The van der Waals surface area contributed by atoms with E-state index in [-0.39, 0.29) is 11.9 Å². The number of hydrogen-bond acceptors (Lipinski definition) is 5. The van der Waals surface area contributed by atoms with Crippen LogP contribution in [0.5, 0.6) is 0 Å². The molecule has 30 heavy (non-hydrogen) atoms. The van der Waals surface area contributed by atoms with E-state index in [2.05, 4.69) is 52.9 Å². The molecule has 158 valence electrons. The smallest absolute Gasteiger partial charge is 0.225 e. The van der Waals surface area contributed by atoms with Gasteiger partial charge in [-0.25, -0.2) is 14.4 Å². The van der Waals surface area contributed by atoms with E-state index in [0.29, 0.717) is 11.7 Å². The van der Waals surface area contributed by atoms with E-state index in [1.807, 2.05) is 6.07 Å². The summed E-state index contributed by atoms with van der Waals surface area (Å²) in [7, 11) is 0. The minimum atomic E-state index is -0.188. The first-order valence-electron chi connectivity index (χ1n) is 10.7. The average Bonchev–Trinajstić information content (AvgIpc) is 3.36. The summed E-state index contributed by atoms with van der Waals surface area (Å²) in [5, 5.41) is 6.82. The molecular weight excluding hydrogens is 377 g/mol. The quantitative estimate of drug-likeness (QED) is 0.694. The van der Waals surface area contributed by atoms with Crippen LogP contribution in [0.25, 0.3) is 5.57 Å². The molecule has 5 nitrogen and oxygen atoms in total. The van der Waals surface area contributed by atoms with Crippen molar-refractivity contribution < 1.29 is 4.39 Å². The lowest BCUT2D eigenvalue weighted by Gasteiger charge is -2.27. The molecule has 0 saturated carbocycles. The van der Waals surface area contributed by atoms with Crippen LogP contribution >= 0.6 is 0 Å². The van der Waals surface area contributed by atoms with Gasteiger partial charge in [-0.05, 0) is 66.5 Å². The maximum atomic E-state index is 13.7. The van der Waals surface area contributed by atoms with Gasteiger partial charge in [0.05, 0.1) is 29.9 Å². The van der Waals surface area contributed by atoms with Crippen molar-refractivity contribution in [2.45, 2.75) is 46.1 Å². The number of hydrogen-bond donors (Lipinski definition) is 2. The minimum absolute atomic E-state index is 0.102. The zero-order chi connectivity index (χ0) is 21.3. The molecule has 0 radical (unpaired) electrons. The maximum absolute atomic E-state index is 13.7. The van der Waals surface area contributed by atoms with Crippen molar-refractivity contribution in [2.24, 2.45) is 5.92 Å². The maximum Gasteiger partial charge on any atom is 0.225 e. The van der Waals surface area contributed by atoms with Crippen LogP contribution in [0.4, 0.5) is 16.0 Å². The highest BCUT2D eigenvalue weighted by Crippen LogP contribution is 2.36. The van der Waals surface area contributed by atoms with Crippen LogP contribution < -0.4 is 15.5 Å². The van der Waals surface area contributed by atoms with Crippen LogP contribution in [0.1, 0.15) is 44.7 Å². The van der Waals surface area contributed by atoms with Crippen molar-refractivity contribution in [2.75, 3.05) is 23.3 Å². The molecule has 1 aromatic heterocycles. The van der Waals surface area contributed by atoms with Crippen LogP contribution in [0, 0.1) is 11.7 Å². The Kier molecular flexibility index (Phi) is 5.75. The summed E-state index contributed by atoms with van der Waals surface area (Å²) in [6.45, 7) is 12.7. The van der Waals surface area contributed by atoms with Crippen LogP contribution in [0.2, 0.25) is 0 Å². The predicted molar refractivity (Wildman–Crippen MR) is 121 cm³/mol. The van der Waals surface area contributed by atoms with Gasteiger partial charge in [0, 0.05) is 13.1 Å². The van der Waals surface area contributed by atoms with Gasteiger partial charge in [0.25, 0.3) is 0 Å². The standard InChI is InChI=1S/C24H30FN5/c1-15(2)23(22-11-18-7-8-19(25)12-21(18)16(22)3)29-17(4)28-20-13-26-24(27-14-20)30-9-5-6-10-30/h7-8,12-15,23,28-29H,4-6,9-11H2,1-3H3. The Bertz CT molecular complexity index is 958. The van der Waals surface area contributed by atoms with Gasteiger partial charge >= 0.3 is 0 Å². The SMILES string of the molecule is C=C(Nc1cnc(N2CCCC2)nc1)NC(C1=C(C)c2cc(F)ccc2C1)C(C)C. The van der Waals surface area contributed by atoms with Gasteiger partial charge in [-0.1, -0.05) is 26.5 Å². The van der Waals surface area contributed by atoms with E-state index >= 15 is 0 Å². The molecule has 2 aromatic rings. The number of fused-ring (bicyclic) bond motifs is 1. The highest BCUT2D eigenvalue weighted by atomic mass is 19.1. The third kappa shape index (κ3) is 4.18. The largest absolute Gasteiger partial charge is 0.365 e. The lowest BCUT2D eigenvalue weighted by molar-refractivity contribution is 0.479. The number of aromatic nitrogens is 2. The fourth-order valence-corrected chi connectivity index (χ4v) is 4.43. The summed E-state index contributed by atoms with van der Waals surface area (Å²) < 4.78 is 13.7. The first kappa shape index (κ1) is 20.4. The van der Waals surface area contributed by atoms with E-state index < -0.39 is 0 Å². The average molecular weight is 408 g/mol. The number of anilines is 2. The van der Waals surface area contributed by atoms with E-state index in [9.17, 15) is 4.39 Å². The molecule has 6 heteroatoms. The molecule has 1 atom stereocenters. The van der Waals surface area contributed by atoms with Crippen molar-refractivity contribution in [1.29, 1.82) is 0 Å². The highest BCUT2D eigenvalue weighted by Gasteiger charge is 2.27. The zero-order valence-electron chi connectivity index (χ0n) is 18.0. The van der Waals surface area contributed by atoms with Gasteiger partial charge < -0.3 is 15.5 Å². The lowest BCUT2D eigenvalue weighted by atomic mass is 9.92. The monoisotopic (exact) mass is 407 g/mol. The second-order valence-electron chi connectivity index (χ2n) is 8.56. The first-order valence-corrected chi connectivity index (χ1v) is 10.7. The van der Waals surface area contributed by atoms with Gasteiger partial charge in [0.15, 0.2) is 0 Å². The molecule has 1 saturated heterocycles. The first-order chi connectivity index (χ1) is 14.4. The van der Waals surface area contributed by atoms with Crippen LogP contribution in [0.15, 0.2) is 48.6 Å². The molecule has 1 aliphatic heterocycles. The third-order valence-corrected chi connectivity index (χ3v) is 6.03. The molecule has 1 aromatic carbocycles. The van der Waals surface area contributed by atoms with Crippen molar-refractivity contribution in [1.82, 2.24) is 15.3 Å². The van der Waals surface area contributed by atoms with E-state index in [1.165, 1.54) is 24.0 Å². The fourth-order valence-electron chi connectivity index (χ4n) is 4.43. The van der Waals surface area contributed by atoms with Crippen molar-refractivity contribution in [3.8, 4) is 0 Å². The summed E-state index contributed by atoms with van der Waals surface area (Å²) >= 11 is 0. The van der Waals surface area contributed by atoms with E-state index in [0.717, 1.165) is 42.3 Å². The zero-order valence-corrected chi connectivity index (χ0v) is 18.0. The molecule has 0 bridgehead atoms. The summed E-state index contributed by atoms with van der Waals surface area (Å²) in [5.41, 5.74) is 5.44. The molecule has 2 N–H and O–H groups in total. The third-order valence-electron chi connectivity index (χ3n) is 6.03. The Balaban J connectivity index is 1.44. The Hall–Kier alpha value is -2.89. The number of nitrogens with zero attached hydrogens (tertiary/aromatic N) is 3. The molecule has 2 aliphatic rings. The van der Waals surface area contributed by atoms with Gasteiger partial charge in [-0.3, -0.25) is 0 Å². The summed E-state index contributed by atoms with van der Waals surface area (Å²) in [6, 6.07) is 5.18. The second-order valence-corrected chi connectivity index (χ2v) is 8.56. The summed E-state index contributed by atoms with van der Waals surface area (Å²) in [4.78, 5) is 11.2. The number of rotatable bonds is 7. The molecule has 4 rings (SSSR count). The number of nitrogens with one attached hydrogen (secondary N) is 2. The fraction of sp³-hybridized carbons (Fsp3) is 0.417. The van der Waals surface area contributed by atoms with Crippen molar-refractivity contribution in [3.63, 3.8) is 0 Å². The van der Waals surface area contributed by atoms with Gasteiger partial charge in [-0.15, -0.1) is 0 Å². The topological polar surface area (TPSA) is 53.1 Å². The van der Waals surface area contributed by atoms with Crippen LogP contribution in [-0.2, 0) is 6.42 Å². The molecule has 0 amide bonds. The van der Waals surface area contributed by atoms with Crippen LogP contribution in [0.3, 0.4) is 0 Å². The molecule has 1 unspecified atom stereocenters. The minimum Gasteiger partial charge on any atom is -0.365 e. The van der Waals surface area contributed by atoms with Gasteiger partial charge in [0.2, 0.25) is 5.95 Å². The highest BCUT2D eigenvalue weighted by molar-refractivity contribution is 5.76. The molecule has 2 heterocycles. The number of benzene rings is 1. The lowest BCUT2D eigenvalue weighted by Crippen LogP contribution is -2.37. The number of halogens is 1. The Morgan fingerprint density at radius 2 is 1.87 bits per heavy atom. The molecular formula is C24H30FN5. The molecule has 1 aliphatic carbocycles. The van der Waals surface area contributed by atoms with E-state index in [1.54, 1.807) is 24.5 Å². The second kappa shape index (κ2) is 8.46. The van der Waals surface area contributed by atoms with Crippen LogP contribution in [-0.4, -0.2) is 29.1 Å². The van der Waals surface area contributed by atoms with Gasteiger partial charge in [0.1, 0.15) is 5.82 Å².